The standard InChI is InChI=1S/C19H22N4OS/c1-4-23-10-9-13-16(11-23)25-19(20-12(2)24)17(13)18-21-14-7-5-6-8-15(14)22(18)3/h5-8H,4,9-11H2,1-3H3,(H,20,24). The summed E-state index contributed by atoms with van der Waals surface area (Å²) in [6.07, 6.45) is 0.998. The molecule has 6 heteroatoms. The van der Waals surface area contributed by atoms with E-state index in [-0.39, 0.29) is 5.91 Å². The molecule has 4 rings (SSSR count). The van der Waals surface area contributed by atoms with Crippen LogP contribution in [-0.4, -0.2) is 33.4 Å². The van der Waals surface area contributed by atoms with E-state index in [1.165, 1.54) is 10.4 Å². The number of aryl methyl sites for hydroxylation is 1. The highest BCUT2D eigenvalue weighted by molar-refractivity contribution is 7.17. The summed E-state index contributed by atoms with van der Waals surface area (Å²) in [6.45, 7) is 6.81. The predicted octanol–water partition coefficient (Wildman–Crippen LogP) is 3.64. The van der Waals surface area contributed by atoms with Crippen molar-refractivity contribution in [2.24, 2.45) is 7.05 Å². The van der Waals surface area contributed by atoms with E-state index in [9.17, 15) is 4.79 Å². The zero-order chi connectivity index (χ0) is 17.6. The first-order valence-electron chi connectivity index (χ1n) is 8.64. The van der Waals surface area contributed by atoms with Gasteiger partial charge in [-0.25, -0.2) is 4.98 Å². The molecule has 0 saturated heterocycles. The zero-order valence-corrected chi connectivity index (χ0v) is 15.6. The Kier molecular flexibility index (Phi) is 4.09. The summed E-state index contributed by atoms with van der Waals surface area (Å²) in [6, 6.07) is 8.16. The average molecular weight is 354 g/mol. The molecule has 0 saturated carbocycles. The quantitative estimate of drug-likeness (QED) is 0.781. The van der Waals surface area contributed by atoms with Gasteiger partial charge in [-0.3, -0.25) is 9.69 Å². The van der Waals surface area contributed by atoms with Crippen LogP contribution in [-0.2, 0) is 24.8 Å². The molecule has 0 unspecified atom stereocenters. The molecule has 5 nitrogen and oxygen atoms in total. The van der Waals surface area contributed by atoms with Crippen LogP contribution in [0.1, 0.15) is 24.3 Å². The Morgan fingerprint density at radius 1 is 1.36 bits per heavy atom. The number of thiophene rings is 1. The SMILES string of the molecule is CCN1CCc2c(sc(NC(C)=O)c2-c2nc3ccccc3n2C)C1. The number of carbonyl (C=O) groups is 1. The van der Waals surface area contributed by atoms with Crippen molar-refractivity contribution < 1.29 is 4.79 Å². The number of carbonyl (C=O) groups excluding carboxylic acids is 1. The van der Waals surface area contributed by atoms with Gasteiger partial charge < -0.3 is 9.88 Å². The summed E-state index contributed by atoms with van der Waals surface area (Å²) in [5.74, 6) is 0.901. The monoisotopic (exact) mass is 354 g/mol. The minimum absolute atomic E-state index is 0.0361. The smallest absolute Gasteiger partial charge is 0.221 e. The van der Waals surface area contributed by atoms with Crippen LogP contribution < -0.4 is 5.32 Å². The van der Waals surface area contributed by atoms with Crippen LogP contribution in [0.4, 0.5) is 5.00 Å². The number of nitrogens with zero attached hydrogens (tertiary/aromatic N) is 3. The van der Waals surface area contributed by atoms with Crippen molar-refractivity contribution in [1.29, 1.82) is 0 Å². The van der Waals surface area contributed by atoms with E-state index in [0.29, 0.717) is 0 Å². The van der Waals surface area contributed by atoms with Gasteiger partial charge in [-0.1, -0.05) is 19.1 Å². The van der Waals surface area contributed by atoms with Gasteiger partial charge >= 0.3 is 0 Å². The molecule has 0 atom stereocenters. The maximum Gasteiger partial charge on any atom is 0.221 e. The summed E-state index contributed by atoms with van der Waals surface area (Å²) >= 11 is 1.70. The molecule has 130 valence electrons. The molecule has 1 aromatic carbocycles. The Bertz CT molecular complexity index is 956. The van der Waals surface area contributed by atoms with Gasteiger partial charge in [0.25, 0.3) is 0 Å². The second kappa shape index (κ2) is 6.28. The summed E-state index contributed by atoms with van der Waals surface area (Å²) in [7, 11) is 2.05. The van der Waals surface area contributed by atoms with E-state index in [1.54, 1.807) is 18.3 Å². The number of imidazole rings is 1. The molecule has 2 aromatic heterocycles. The highest BCUT2D eigenvalue weighted by Gasteiger charge is 2.27. The normalized spacial score (nSPS) is 14.7. The Balaban J connectivity index is 1.91. The third-order valence-corrected chi connectivity index (χ3v) is 6.02. The van der Waals surface area contributed by atoms with Crippen LogP contribution in [0.25, 0.3) is 22.4 Å². The van der Waals surface area contributed by atoms with E-state index in [0.717, 1.165) is 53.5 Å². The van der Waals surface area contributed by atoms with Crippen molar-refractivity contribution in [1.82, 2.24) is 14.5 Å². The molecule has 3 heterocycles. The minimum atomic E-state index is -0.0361. The van der Waals surface area contributed by atoms with Crippen LogP contribution in [0, 0.1) is 0 Å². The molecule has 1 aliphatic rings. The molecule has 1 N–H and O–H groups in total. The van der Waals surface area contributed by atoms with Crippen molar-refractivity contribution in [2.45, 2.75) is 26.8 Å². The molecule has 0 fully saturated rings. The Morgan fingerprint density at radius 3 is 2.88 bits per heavy atom. The van der Waals surface area contributed by atoms with Crippen molar-refractivity contribution in [3.05, 3.63) is 34.7 Å². The lowest BCUT2D eigenvalue weighted by Crippen LogP contribution is -2.29. The number of hydrogen-bond acceptors (Lipinski definition) is 4. The maximum atomic E-state index is 11.7. The second-order valence-corrected chi connectivity index (χ2v) is 7.60. The van der Waals surface area contributed by atoms with Crippen LogP contribution in [0.3, 0.4) is 0 Å². The van der Waals surface area contributed by atoms with Crippen molar-refractivity contribution in [2.75, 3.05) is 18.4 Å². The van der Waals surface area contributed by atoms with Crippen LogP contribution >= 0.6 is 11.3 Å². The number of para-hydroxylation sites is 2. The van der Waals surface area contributed by atoms with E-state index in [1.807, 2.05) is 25.2 Å². The largest absolute Gasteiger partial charge is 0.327 e. The van der Waals surface area contributed by atoms with Gasteiger partial charge in [-0.2, -0.15) is 0 Å². The number of nitrogens with one attached hydrogen (secondary N) is 1. The Morgan fingerprint density at radius 2 is 2.16 bits per heavy atom. The van der Waals surface area contributed by atoms with E-state index >= 15 is 0 Å². The van der Waals surface area contributed by atoms with Crippen molar-refractivity contribution >= 4 is 33.3 Å². The van der Waals surface area contributed by atoms with Gasteiger partial charge in [0, 0.05) is 31.9 Å². The minimum Gasteiger partial charge on any atom is -0.327 e. The van der Waals surface area contributed by atoms with Crippen molar-refractivity contribution in [3.63, 3.8) is 0 Å². The fourth-order valence-corrected chi connectivity index (χ4v) is 4.91. The Labute approximate surface area is 151 Å². The third-order valence-electron chi connectivity index (χ3n) is 4.88. The second-order valence-electron chi connectivity index (χ2n) is 6.49. The summed E-state index contributed by atoms with van der Waals surface area (Å²) in [5, 5.41) is 3.97. The molecule has 3 aromatic rings. The first kappa shape index (κ1) is 16.3. The summed E-state index contributed by atoms with van der Waals surface area (Å²) in [4.78, 5) is 20.4. The van der Waals surface area contributed by atoms with E-state index in [4.69, 9.17) is 4.98 Å². The number of amides is 1. The van der Waals surface area contributed by atoms with E-state index < -0.39 is 0 Å². The molecule has 0 spiro atoms. The first-order chi connectivity index (χ1) is 12.1. The number of likely N-dealkylation sites (N-methyl/N-ethyl adjacent to an activating group) is 1. The van der Waals surface area contributed by atoms with Crippen LogP contribution in [0.2, 0.25) is 0 Å². The number of aromatic nitrogens is 2. The molecule has 0 bridgehead atoms. The molecule has 25 heavy (non-hydrogen) atoms. The first-order valence-corrected chi connectivity index (χ1v) is 9.46. The van der Waals surface area contributed by atoms with E-state index in [2.05, 4.69) is 27.8 Å². The number of hydrogen-bond donors (Lipinski definition) is 1. The molecule has 1 aliphatic heterocycles. The van der Waals surface area contributed by atoms with Gasteiger partial charge in [0.05, 0.1) is 16.6 Å². The van der Waals surface area contributed by atoms with Gasteiger partial charge in [0.15, 0.2) is 0 Å². The predicted molar refractivity (Wildman–Crippen MR) is 103 cm³/mol. The van der Waals surface area contributed by atoms with Gasteiger partial charge in [0.2, 0.25) is 5.91 Å². The summed E-state index contributed by atoms with van der Waals surface area (Å²) in [5.41, 5.74) is 4.54. The van der Waals surface area contributed by atoms with Gasteiger partial charge in [0.1, 0.15) is 10.8 Å². The number of fused-ring (bicyclic) bond motifs is 2. The van der Waals surface area contributed by atoms with Crippen LogP contribution in [0.5, 0.6) is 0 Å². The summed E-state index contributed by atoms with van der Waals surface area (Å²) < 4.78 is 2.13. The lowest BCUT2D eigenvalue weighted by molar-refractivity contribution is -0.114. The highest BCUT2D eigenvalue weighted by Crippen LogP contribution is 2.43. The number of anilines is 1. The lowest BCUT2D eigenvalue weighted by Gasteiger charge is -2.25. The highest BCUT2D eigenvalue weighted by atomic mass is 32.1. The van der Waals surface area contributed by atoms with Crippen molar-refractivity contribution in [3.8, 4) is 11.4 Å². The molecular weight excluding hydrogens is 332 g/mol. The van der Waals surface area contributed by atoms with Gasteiger partial charge in [-0.05, 0) is 30.7 Å². The molecule has 1 amide bonds. The number of benzene rings is 1. The molecular formula is C19H22N4OS. The topological polar surface area (TPSA) is 50.2 Å². The third kappa shape index (κ3) is 2.75. The molecule has 0 aliphatic carbocycles. The van der Waals surface area contributed by atoms with Gasteiger partial charge in [-0.15, -0.1) is 11.3 Å². The zero-order valence-electron chi connectivity index (χ0n) is 14.8. The molecule has 0 radical (unpaired) electrons. The average Bonchev–Trinajstić information content (AvgIpc) is 3.11. The lowest BCUT2D eigenvalue weighted by atomic mass is 10.0. The number of rotatable bonds is 3. The van der Waals surface area contributed by atoms with Crippen LogP contribution in [0.15, 0.2) is 24.3 Å². The Hall–Kier alpha value is -2.18. The fraction of sp³-hybridized carbons (Fsp3) is 0.368. The maximum absolute atomic E-state index is 11.7. The fourth-order valence-electron chi connectivity index (χ4n) is 3.58.